The van der Waals surface area contributed by atoms with Gasteiger partial charge in [0.15, 0.2) is 0 Å². The standard InChI is InChI=1S/C21H30O6/c1-13-7-5-6-8-17(23)11-16-9-10-21(4,27-20(25)14(16)2)19(12-18(13)24)26-15(3)22/h6-8,16-19,23-24H,2,5,9-12H2,1,3-4H3/b8-6+,13-7+/t16-,17+,18+,19+,21-/m0/s1. The lowest BCUT2D eigenvalue weighted by molar-refractivity contribution is -0.182. The van der Waals surface area contributed by atoms with Gasteiger partial charge < -0.3 is 19.7 Å². The van der Waals surface area contributed by atoms with Crippen LogP contribution in [0.1, 0.15) is 52.9 Å². The first-order chi connectivity index (χ1) is 12.6. The molecule has 0 amide bonds. The predicted molar refractivity (Wildman–Crippen MR) is 101 cm³/mol. The number of rotatable bonds is 1. The van der Waals surface area contributed by atoms with Crippen molar-refractivity contribution in [3.05, 3.63) is 36.0 Å². The maximum atomic E-state index is 12.6. The van der Waals surface area contributed by atoms with Gasteiger partial charge in [-0.1, -0.05) is 24.8 Å². The Hall–Kier alpha value is -1.92. The largest absolute Gasteiger partial charge is 0.458 e. The number of esters is 2. The minimum absolute atomic E-state index is 0.134. The summed E-state index contributed by atoms with van der Waals surface area (Å²) >= 11 is 0. The SMILES string of the molecule is C=C1C(=O)O[C@@]2(C)CC[C@H]1C[C@H](O)/C=C/C/C=C(\C)[C@H](O)C[C@H]2OC(C)=O. The number of hydrogen-bond acceptors (Lipinski definition) is 6. The van der Waals surface area contributed by atoms with Crippen molar-refractivity contribution in [3.63, 3.8) is 0 Å². The van der Waals surface area contributed by atoms with Crippen LogP contribution >= 0.6 is 0 Å². The van der Waals surface area contributed by atoms with Crippen LogP contribution in [0, 0.1) is 5.92 Å². The molecular weight excluding hydrogens is 348 g/mol. The van der Waals surface area contributed by atoms with Gasteiger partial charge in [-0.2, -0.15) is 0 Å². The quantitative estimate of drug-likeness (QED) is 0.414. The summed E-state index contributed by atoms with van der Waals surface area (Å²) in [7, 11) is 0. The number of fused-ring (bicyclic) bond motifs is 3. The first-order valence-corrected chi connectivity index (χ1v) is 9.41. The van der Waals surface area contributed by atoms with Gasteiger partial charge in [-0.25, -0.2) is 4.79 Å². The number of aliphatic hydroxyl groups excluding tert-OH is 2. The van der Waals surface area contributed by atoms with Crippen molar-refractivity contribution in [2.75, 3.05) is 0 Å². The number of aliphatic hydroxyl groups is 2. The molecule has 5 atom stereocenters. The van der Waals surface area contributed by atoms with Gasteiger partial charge in [-0.15, -0.1) is 0 Å². The summed E-state index contributed by atoms with van der Waals surface area (Å²) in [5.41, 5.74) is -0.0289. The lowest BCUT2D eigenvalue weighted by Gasteiger charge is -2.36. The molecule has 0 spiro atoms. The molecule has 0 saturated carbocycles. The van der Waals surface area contributed by atoms with Crippen molar-refractivity contribution in [3.8, 4) is 0 Å². The van der Waals surface area contributed by atoms with Gasteiger partial charge in [0.05, 0.1) is 12.2 Å². The molecule has 2 aliphatic rings. The average molecular weight is 378 g/mol. The van der Waals surface area contributed by atoms with E-state index >= 15 is 0 Å². The van der Waals surface area contributed by atoms with Gasteiger partial charge in [0.1, 0.15) is 11.7 Å². The highest BCUT2D eigenvalue weighted by molar-refractivity contribution is 5.89. The molecule has 0 aromatic carbocycles. The molecule has 0 radical (unpaired) electrons. The minimum atomic E-state index is -1.08. The predicted octanol–water partition coefficient (Wildman–Crippen LogP) is 2.59. The summed E-state index contributed by atoms with van der Waals surface area (Å²) < 4.78 is 11.2. The fraction of sp³-hybridized carbons (Fsp3) is 0.619. The maximum Gasteiger partial charge on any atom is 0.334 e. The third kappa shape index (κ3) is 5.53. The van der Waals surface area contributed by atoms with Crippen LogP contribution in [0.5, 0.6) is 0 Å². The molecular formula is C21H30O6. The first kappa shape index (κ1) is 21.4. The second-order valence-corrected chi connectivity index (χ2v) is 7.73. The number of ether oxygens (including phenoxy) is 2. The number of allylic oxidation sites excluding steroid dienone is 2. The topological polar surface area (TPSA) is 93.1 Å². The van der Waals surface area contributed by atoms with Gasteiger partial charge in [-0.05, 0) is 51.0 Å². The van der Waals surface area contributed by atoms with Gasteiger partial charge >= 0.3 is 11.9 Å². The normalized spacial score (nSPS) is 38.8. The molecule has 6 heteroatoms. The summed E-state index contributed by atoms with van der Waals surface area (Å²) in [5, 5.41) is 20.8. The fourth-order valence-electron chi connectivity index (χ4n) is 3.62. The van der Waals surface area contributed by atoms with Crippen molar-refractivity contribution in [1.82, 2.24) is 0 Å². The minimum Gasteiger partial charge on any atom is -0.458 e. The van der Waals surface area contributed by atoms with Gasteiger partial charge in [-0.3, -0.25) is 4.79 Å². The molecule has 1 heterocycles. The van der Waals surface area contributed by atoms with E-state index in [0.29, 0.717) is 31.3 Å². The summed E-state index contributed by atoms with van der Waals surface area (Å²) in [6.45, 7) is 8.68. The van der Waals surface area contributed by atoms with E-state index in [9.17, 15) is 19.8 Å². The van der Waals surface area contributed by atoms with Crippen LogP contribution in [0.4, 0.5) is 0 Å². The van der Waals surface area contributed by atoms with Crippen LogP contribution in [0.25, 0.3) is 0 Å². The second kappa shape index (κ2) is 8.85. The lowest BCUT2D eigenvalue weighted by Crippen LogP contribution is -2.47. The molecule has 0 unspecified atom stereocenters. The van der Waals surface area contributed by atoms with Gasteiger partial charge in [0.25, 0.3) is 0 Å². The van der Waals surface area contributed by atoms with Gasteiger partial charge in [0, 0.05) is 18.9 Å². The Morgan fingerprint density at radius 1 is 1.37 bits per heavy atom. The maximum absolute atomic E-state index is 12.6. The summed E-state index contributed by atoms with van der Waals surface area (Å²) in [6, 6.07) is 0. The van der Waals surface area contributed by atoms with Crippen molar-refractivity contribution < 1.29 is 29.3 Å². The second-order valence-electron chi connectivity index (χ2n) is 7.73. The van der Waals surface area contributed by atoms with E-state index in [1.807, 2.05) is 12.2 Å². The van der Waals surface area contributed by atoms with Crippen LogP contribution in [0.3, 0.4) is 0 Å². The molecule has 27 heavy (non-hydrogen) atoms. The highest BCUT2D eigenvalue weighted by Gasteiger charge is 2.45. The fourth-order valence-corrected chi connectivity index (χ4v) is 3.62. The zero-order chi connectivity index (χ0) is 20.2. The number of hydrogen-bond donors (Lipinski definition) is 2. The average Bonchev–Trinajstić information content (AvgIpc) is 2.69. The van der Waals surface area contributed by atoms with Crippen LogP contribution in [-0.2, 0) is 19.1 Å². The van der Waals surface area contributed by atoms with Crippen molar-refractivity contribution in [2.45, 2.75) is 76.8 Å². The van der Waals surface area contributed by atoms with Crippen LogP contribution in [0.15, 0.2) is 36.0 Å². The van der Waals surface area contributed by atoms with E-state index < -0.39 is 35.9 Å². The number of carbonyl (C=O) groups excluding carboxylic acids is 2. The zero-order valence-corrected chi connectivity index (χ0v) is 16.3. The Bertz CT molecular complexity index is 649. The smallest absolute Gasteiger partial charge is 0.334 e. The summed E-state index contributed by atoms with van der Waals surface area (Å²) in [6.07, 6.45) is 5.15. The molecule has 1 aliphatic heterocycles. The molecule has 2 bridgehead atoms. The highest BCUT2D eigenvalue weighted by atomic mass is 16.6. The van der Waals surface area contributed by atoms with E-state index in [2.05, 4.69) is 6.58 Å². The van der Waals surface area contributed by atoms with Crippen molar-refractivity contribution in [2.24, 2.45) is 5.92 Å². The Morgan fingerprint density at radius 2 is 2.07 bits per heavy atom. The summed E-state index contributed by atoms with van der Waals surface area (Å²) in [5.74, 6) is -1.27. The summed E-state index contributed by atoms with van der Waals surface area (Å²) in [4.78, 5) is 24.2. The lowest BCUT2D eigenvalue weighted by atomic mass is 9.83. The highest BCUT2D eigenvalue weighted by Crippen LogP contribution is 2.38. The van der Waals surface area contributed by atoms with E-state index in [1.165, 1.54) is 6.92 Å². The number of carbonyl (C=O) groups is 2. The van der Waals surface area contributed by atoms with Gasteiger partial charge in [0.2, 0.25) is 0 Å². The third-order valence-electron chi connectivity index (χ3n) is 5.48. The molecule has 0 aromatic rings. The molecule has 0 aromatic heterocycles. The molecule has 2 N–H and O–H groups in total. The monoisotopic (exact) mass is 378 g/mol. The zero-order valence-electron chi connectivity index (χ0n) is 16.3. The molecule has 1 fully saturated rings. The molecule has 1 saturated heterocycles. The molecule has 6 nitrogen and oxygen atoms in total. The Morgan fingerprint density at radius 3 is 2.74 bits per heavy atom. The molecule has 150 valence electrons. The Balaban J connectivity index is 2.43. The first-order valence-electron chi connectivity index (χ1n) is 9.41. The van der Waals surface area contributed by atoms with E-state index in [-0.39, 0.29) is 12.3 Å². The van der Waals surface area contributed by atoms with E-state index in [0.717, 1.165) is 5.57 Å². The Kier molecular flexibility index (Phi) is 7.00. The molecule has 1 aliphatic carbocycles. The van der Waals surface area contributed by atoms with E-state index in [4.69, 9.17) is 9.47 Å². The van der Waals surface area contributed by atoms with Crippen molar-refractivity contribution >= 4 is 11.9 Å². The van der Waals surface area contributed by atoms with Crippen LogP contribution < -0.4 is 0 Å². The molecule has 2 rings (SSSR count). The van der Waals surface area contributed by atoms with Crippen molar-refractivity contribution in [1.29, 1.82) is 0 Å². The third-order valence-corrected chi connectivity index (χ3v) is 5.48. The van der Waals surface area contributed by atoms with Crippen LogP contribution in [-0.4, -0.2) is 46.1 Å². The van der Waals surface area contributed by atoms with E-state index in [1.54, 1.807) is 19.9 Å². The van der Waals surface area contributed by atoms with Crippen LogP contribution in [0.2, 0.25) is 0 Å². The Labute approximate surface area is 160 Å².